The molecule has 5 nitrogen and oxygen atoms in total. The molecule has 0 spiro atoms. The van der Waals surface area contributed by atoms with Crippen molar-refractivity contribution in [2.24, 2.45) is 0 Å². The second-order valence-electron chi connectivity index (χ2n) is 4.49. The van der Waals surface area contributed by atoms with Gasteiger partial charge in [0.1, 0.15) is 16.1 Å². The lowest BCUT2D eigenvalue weighted by Crippen LogP contribution is -2.20. The van der Waals surface area contributed by atoms with Crippen LogP contribution in [0.15, 0.2) is 24.3 Å². The van der Waals surface area contributed by atoms with Gasteiger partial charge in [0.05, 0.1) is 11.6 Å². The van der Waals surface area contributed by atoms with Crippen LogP contribution in [-0.2, 0) is 11.2 Å². The van der Waals surface area contributed by atoms with E-state index in [4.69, 9.17) is 27.9 Å². The van der Waals surface area contributed by atoms with Crippen LogP contribution in [0.2, 0.25) is 5.02 Å². The lowest BCUT2D eigenvalue weighted by Gasteiger charge is -2.06. The van der Waals surface area contributed by atoms with Crippen molar-refractivity contribution in [2.75, 3.05) is 11.9 Å². The first kappa shape index (κ1) is 17.0. The minimum atomic E-state index is -0.601. The topological polar surface area (TPSA) is 64.1 Å². The van der Waals surface area contributed by atoms with Gasteiger partial charge in [-0.2, -0.15) is 0 Å². The van der Waals surface area contributed by atoms with E-state index in [0.29, 0.717) is 28.9 Å². The molecular weight excluding hydrogens is 345 g/mol. The summed E-state index contributed by atoms with van der Waals surface area (Å²) in [6.45, 7) is 2.13. The molecule has 1 aromatic heterocycles. The van der Waals surface area contributed by atoms with Crippen LogP contribution in [0, 0.1) is 0 Å². The van der Waals surface area contributed by atoms with Crippen molar-refractivity contribution in [3.05, 3.63) is 34.3 Å². The minimum Gasteiger partial charge on any atom is -0.492 e. The first-order valence-corrected chi connectivity index (χ1v) is 8.34. The van der Waals surface area contributed by atoms with Gasteiger partial charge in [-0.3, -0.25) is 10.1 Å². The summed E-state index contributed by atoms with van der Waals surface area (Å²) in [6, 6.07) is 7.34. The summed E-state index contributed by atoms with van der Waals surface area (Å²) >= 11 is 13.0. The number of halogens is 2. The fourth-order valence-electron chi connectivity index (χ4n) is 1.58. The van der Waals surface area contributed by atoms with E-state index in [1.54, 1.807) is 13.0 Å². The maximum Gasteiger partial charge on any atom is 0.243 e. The van der Waals surface area contributed by atoms with Crippen LogP contribution in [0.25, 0.3) is 0 Å². The van der Waals surface area contributed by atoms with Gasteiger partial charge in [0.25, 0.3) is 0 Å². The monoisotopic (exact) mass is 359 g/mol. The number of para-hydroxylation sites is 1. The fraction of sp³-hybridized carbons (Fsp3) is 0.357. The molecular formula is C14H15Cl2N3O2S. The highest BCUT2D eigenvalue weighted by molar-refractivity contribution is 7.15. The quantitative estimate of drug-likeness (QED) is 0.603. The number of carbonyl (C=O) groups is 1. The molecule has 1 atom stereocenters. The van der Waals surface area contributed by atoms with Crippen molar-refractivity contribution >= 4 is 45.6 Å². The van der Waals surface area contributed by atoms with E-state index >= 15 is 0 Å². The first-order valence-electron chi connectivity index (χ1n) is 6.71. The van der Waals surface area contributed by atoms with Gasteiger partial charge < -0.3 is 4.74 Å². The van der Waals surface area contributed by atoms with E-state index in [2.05, 4.69) is 15.5 Å². The molecule has 2 rings (SSSR count). The Morgan fingerprint density at radius 2 is 2.18 bits per heavy atom. The Balaban J connectivity index is 1.75. The fourth-order valence-corrected chi connectivity index (χ4v) is 2.61. The molecule has 1 N–H and O–H groups in total. The van der Waals surface area contributed by atoms with Crippen LogP contribution in [0.4, 0.5) is 5.13 Å². The van der Waals surface area contributed by atoms with Crippen LogP contribution < -0.4 is 10.1 Å². The number of amides is 1. The summed E-state index contributed by atoms with van der Waals surface area (Å²) in [5.74, 6) is 0.386. The zero-order chi connectivity index (χ0) is 15.9. The number of ether oxygens (including phenoxy) is 1. The van der Waals surface area contributed by atoms with E-state index in [9.17, 15) is 4.79 Å². The van der Waals surface area contributed by atoms with E-state index in [0.717, 1.165) is 11.4 Å². The van der Waals surface area contributed by atoms with Crippen molar-refractivity contribution in [1.29, 1.82) is 0 Å². The molecule has 2 aromatic rings. The van der Waals surface area contributed by atoms with Crippen molar-refractivity contribution < 1.29 is 9.53 Å². The Labute approximate surface area is 142 Å². The van der Waals surface area contributed by atoms with Gasteiger partial charge in [0, 0.05) is 6.42 Å². The molecule has 0 bridgehead atoms. The lowest BCUT2D eigenvalue weighted by molar-refractivity contribution is -0.115. The van der Waals surface area contributed by atoms with E-state index in [1.165, 1.54) is 11.3 Å². The van der Waals surface area contributed by atoms with Crippen LogP contribution >= 0.6 is 34.5 Å². The second-order valence-corrected chi connectivity index (χ2v) is 6.61. The molecule has 1 aromatic carbocycles. The summed E-state index contributed by atoms with van der Waals surface area (Å²) in [7, 11) is 0. The van der Waals surface area contributed by atoms with Crippen LogP contribution in [0.1, 0.15) is 18.4 Å². The van der Waals surface area contributed by atoms with Gasteiger partial charge in [-0.1, -0.05) is 35.1 Å². The molecule has 0 fully saturated rings. The van der Waals surface area contributed by atoms with Gasteiger partial charge in [-0.05, 0) is 25.5 Å². The molecule has 0 aliphatic heterocycles. The highest BCUT2D eigenvalue weighted by Gasteiger charge is 2.12. The predicted molar refractivity (Wildman–Crippen MR) is 89.1 cm³/mol. The van der Waals surface area contributed by atoms with Gasteiger partial charge in [0.2, 0.25) is 11.0 Å². The SMILES string of the molecule is CC(Cl)C(=O)Nc1nnc(CCCOc2ccccc2Cl)s1. The first-order chi connectivity index (χ1) is 10.6. The number of aryl methyl sites for hydroxylation is 1. The molecule has 1 amide bonds. The second kappa shape index (κ2) is 8.31. The van der Waals surface area contributed by atoms with Crippen molar-refractivity contribution in [3.8, 4) is 5.75 Å². The predicted octanol–water partition coefficient (Wildman–Crippen LogP) is 3.77. The molecule has 0 aliphatic carbocycles. The summed E-state index contributed by atoms with van der Waals surface area (Å²) in [5, 5.41) is 11.8. The molecule has 1 heterocycles. The lowest BCUT2D eigenvalue weighted by atomic mass is 10.3. The average molecular weight is 360 g/mol. The Hall–Kier alpha value is -1.37. The zero-order valence-electron chi connectivity index (χ0n) is 11.9. The number of rotatable bonds is 7. The number of hydrogen-bond acceptors (Lipinski definition) is 5. The molecule has 22 heavy (non-hydrogen) atoms. The molecule has 0 saturated heterocycles. The minimum absolute atomic E-state index is 0.286. The highest BCUT2D eigenvalue weighted by Crippen LogP contribution is 2.23. The number of carbonyl (C=O) groups excluding carboxylic acids is 1. The molecule has 8 heteroatoms. The third kappa shape index (κ3) is 5.12. The standard InChI is InChI=1S/C14H15Cl2N3O2S/c1-9(15)13(20)17-14-19-18-12(22-14)7-4-8-21-11-6-3-2-5-10(11)16/h2-3,5-6,9H,4,7-8H2,1H3,(H,17,19,20). The number of hydrogen-bond donors (Lipinski definition) is 1. The largest absolute Gasteiger partial charge is 0.492 e. The maximum atomic E-state index is 11.4. The molecule has 118 valence electrons. The number of nitrogens with one attached hydrogen (secondary N) is 1. The number of alkyl halides is 1. The van der Waals surface area contributed by atoms with E-state index < -0.39 is 5.38 Å². The third-order valence-electron chi connectivity index (χ3n) is 2.69. The Morgan fingerprint density at radius 1 is 1.41 bits per heavy atom. The summed E-state index contributed by atoms with van der Waals surface area (Å²) in [6.07, 6.45) is 1.49. The van der Waals surface area contributed by atoms with E-state index in [1.807, 2.05) is 18.2 Å². The van der Waals surface area contributed by atoms with Gasteiger partial charge in [0.15, 0.2) is 0 Å². The molecule has 0 aliphatic rings. The Kier molecular flexibility index (Phi) is 6.42. The van der Waals surface area contributed by atoms with Gasteiger partial charge in [-0.15, -0.1) is 21.8 Å². The maximum absolute atomic E-state index is 11.4. The molecule has 1 unspecified atom stereocenters. The average Bonchev–Trinajstić information content (AvgIpc) is 2.92. The number of anilines is 1. The highest BCUT2D eigenvalue weighted by atomic mass is 35.5. The molecule has 0 saturated carbocycles. The van der Waals surface area contributed by atoms with Crippen molar-refractivity contribution in [1.82, 2.24) is 10.2 Å². The molecule has 0 radical (unpaired) electrons. The van der Waals surface area contributed by atoms with Crippen molar-refractivity contribution in [3.63, 3.8) is 0 Å². The number of aromatic nitrogens is 2. The zero-order valence-corrected chi connectivity index (χ0v) is 14.2. The van der Waals surface area contributed by atoms with Crippen LogP contribution in [0.3, 0.4) is 0 Å². The van der Waals surface area contributed by atoms with Crippen molar-refractivity contribution in [2.45, 2.75) is 25.1 Å². The van der Waals surface area contributed by atoms with Gasteiger partial charge in [-0.25, -0.2) is 0 Å². The summed E-state index contributed by atoms with van der Waals surface area (Å²) < 4.78 is 5.60. The number of benzene rings is 1. The van der Waals surface area contributed by atoms with Crippen LogP contribution in [-0.4, -0.2) is 28.1 Å². The van der Waals surface area contributed by atoms with Gasteiger partial charge >= 0.3 is 0 Å². The number of nitrogens with zero attached hydrogens (tertiary/aromatic N) is 2. The van der Waals surface area contributed by atoms with E-state index in [-0.39, 0.29) is 5.91 Å². The Morgan fingerprint density at radius 3 is 2.91 bits per heavy atom. The Bertz CT molecular complexity index is 634. The summed E-state index contributed by atoms with van der Waals surface area (Å²) in [4.78, 5) is 11.4. The van der Waals surface area contributed by atoms with Crippen LogP contribution in [0.5, 0.6) is 5.75 Å². The summed E-state index contributed by atoms with van der Waals surface area (Å²) in [5.41, 5.74) is 0. The third-order valence-corrected chi connectivity index (χ3v) is 4.10. The smallest absolute Gasteiger partial charge is 0.243 e. The normalized spacial score (nSPS) is 12.0.